The van der Waals surface area contributed by atoms with Crippen LogP contribution in [0.3, 0.4) is 0 Å². The smallest absolute Gasteiger partial charge is 0.411 e. The summed E-state index contributed by atoms with van der Waals surface area (Å²) in [6, 6.07) is 6.17. The van der Waals surface area contributed by atoms with Crippen LogP contribution in [-0.4, -0.2) is 40.1 Å². The number of carboxylic acids is 1. The van der Waals surface area contributed by atoms with E-state index in [9.17, 15) is 18.4 Å². The zero-order chi connectivity index (χ0) is 15.2. The van der Waals surface area contributed by atoms with E-state index in [2.05, 4.69) is 0 Å². The molecule has 1 saturated heterocycles. The first kappa shape index (κ1) is 13.8. The molecule has 3 atom stereocenters. The van der Waals surface area contributed by atoms with Crippen LogP contribution in [0.25, 0.3) is 0 Å². The number of piperidine rings is 1. The molecule has 0 radical (unpaired) electrons. The van der Waals surface area contributed by atoms with E-state index < -0.39 is 36.0 Å². The van der Waals surface area contributed by atoms with E-state index >= 15 is 0 Å². The molecule has 1 aliphatic heterocycles. The zero-order valence-corrected chi connectivity index (χ0v) is 10.9. The lowest BCUT2D eigenvalue weighted by molar-refractivity contribution is -0.143. The fraction of sp³-hybridized carbons (Fsp3) is 0.429. The molecule has 0 aromatic heterocycles. The standard InChI is InChI=1S/C14H13F2NO4/c15-14(16)9-6-10(12(18)19)17(11(9)14)13(20)21-7-8-4-2-1-3-5-8/h1-5,9-11H,6-7H2,(H,18,19)/t9-,10-,11+/m0/s1. The van der Waals surface area contributed by atoms with Crippen molar-refractivity contribution in [3.63, 3.8) is 0 Å². The van der Waals surface area contributed by atoms with Crippen molar-refractivity contribution >= 4 is 12.1 Å². The van der Waals surface area contributed by atoms with Crippen molar-refractivity contribution in [1.82, 2.24) is 4.90 Å². The van der Waals surface area contributed by atoms with E-state index in [0.717, 1.165) is 0 Å². The maximum absolute atomic E-state index is 13.4. The fourth-order valence-electron chi connectivity index (χ4n) is 2.84. The molecule has 7 heteroatoms. The van der Waals surface area contributed by atoms with Gasteiger partial charge in [0.2, 0.25) is 0 Å². The molecule has 1 amide bonds. The lowest BCUT2D eigenvalue weighted by Crippen LogP contribution is -2.46. The number of amides is 1. The van der Waals surface area contributed by atoms with E-state index in [1.165, 1.54) is 0 Å². The predicted molar refractivity (Wildman–Crippen MR) is 66.7 cm³/mol. The number of nitrogens with zero attached hydrogens (tertiary/aromatic N) is 1. The summed E-state index contributed by atoms with van der Waals surface area (Å²) < 4.78 is 31.8. The summed E-state index contributed by atoms with van der Waals surface area (Å²) >= 11 is 0. The molecule has 21 heavy (non-hydrogen) atoms. The molecule has 1 N–H and O–H groups in total. The van der Waals surface area contributed by atoms with Crippen LogP contribution in [0.1, 0.15) is 12.0 Å². The summed E-state index contributed by atoms with van der Waals surface area (Å²) in [6.07, 6.45) is -1.23. The SMILES string of the molecule is O=C(O)[C@@H]1C[C@H]2[C@@H](N1C(=O)OCc1ccccc1)C2(F)F. The Bertz CT molecular complexity index is 578. The Labute approximate surface area is 119 Å². The minimum absolute atomic E-state index is 0.0779. The van der Waals surface area contributed by atoms with Gasteiger partial charge in [0, 0.05) is 0 Å². The van der Waals surface area contributed by atoms with Gasteiger partial charge < -0.3 is 9.84 Å². The third-order valence-electron chi connectivity index (χ3n) is 3.97. The summed E-state index contributed by atoms with van der Waals surface area (Å²) in [4.78, 5) is 23.7. The Morgan fingerprint density at radius 1 is 1.33 bits per heavy atom. The van der Waals surface area contributed by atoms with Crippen molar-refractivity contribution in [3.05, 3.63) is 35.9 Å². The molecule has 2 fully saturated rings. The third-order valence-corrected chi connectivity index (χ3v) is 3.97. The summed E-state index contributed by atoms with van der Waals surface area (Å²) in [7, 11) is 0. The van der Waals surface area contributed by atoms with Crippen LogP contribution in [0.15, 0.2) is 30.3 Å². The molecule has 2 aliphatic rings. The average Bonchev–Trinajstić information content (AvgIpc) is 2.84. The number of carboxylic acid groups (broad SMARTS) is 1. The van der Waals surface area contributed by atoms with Crippen molar-refractivity contribution in [2.24, 2.45) is 5.92 Å². The first-order valence-electron chi connectivity index (χ1n) is 6.52. The number of ether oxygens (including phenoxy) is 1. The highest BCUT2D eigenvalue weighted by Crippen LogP contribution is 2.60. The number of aliphatic carboxylic acids is 1. The highest BCUT2D eigenvalue weighted by Gasteiger charge is 2.77. The molecule has 0 unspecified atom stereocenters. The number of alkyl halides is 2. The van der Waals surface area contributed by atoms with Crippen molar-refractivity contribution in [3.8, 4) is 0 Å². The molecule has 1 aromatic rings. The number of fused-ring (bicyclic) bond motifs is 1. The first-order valence-corrected chi connectivity index (χ1v) is 6.52. The molecule has 5 nitrogen and oxygen atoms in total. The molecule has 112 valence electrons. The number of carbonyl (C=O) groups excluding carboxylic acids is 1. The topological polar surface area (TPSA) is 66.8 Å². The largest absolute Gasteiger partial charge is 0.480 e. The maximum Gasteiger partial charge on any atom is 0.411 e. The molecule has 3 rings (SSSR count). The molecule has 0 bridgehead atoms. The maximum atomic E-state index is 13.4. The Balaban J connectivity index is 1.68. The molecule has 1 heterocycles. The van der Waals surface area contributed by atoms with Crippen LogP contribution in [0.5, 0.6) is 0 Å². The van der Waals surface area contributed by atoms with Gasteiger partial charge in [0.1, 0.15) is 18.7 Å². The van der Waals surface area contributed by atoms with E-state index in [-0.39, 0.29) is 13.0 Å². The van der Waals surface area contributed by atoms with Crippen LogP contribution in [0.4, 0.5) is 13.6 Å². The van der Waals surface area contributed by atoms with Crippen molar-refractivity contribution in [2.75, 3.05) is 0 Å². The average molecular weight is 297 g/mol. The minimum Gasteiger partial charge on any atom is -0.480 e. The third kappa shape index (κ3) is 2.22. The van der Waals surface area contributed by atoms with Crippen LogP contribution in [0, 0.1) is 5.92 Å². The van der Waals surface area contributed by atoms with Crippen LogP contribution < -0.4 is 0 Å². The Kier molecular flexibility index (Phi) is 3.07. The second kappa shape index (κ2) is 4.68. The quantitative estimate of drug-likeness (QED) is 0.928. The van der Waals surface area contributed by atoms with Gasteiger partial charge in [-0.15, -0.1) is 0 Å². The number of likely N-dealkylation sites (tertiary alicyclic amines) is 1. The molecular weight excluding hydrogens is 284 g/mol. The van der Waals surface area contributed by atoms with Crippen molar-refractivity contribution in [2.45, 2.75) is 31.0 Å². The second-order valence-electron chi connectivity index (χ2n) is 5.26. The number of rotatable bonds is 3. The highest BCUT2D eigenvalue weighted by atomic mass is 19.3. The number of carbonyl (C=O) groups is 2. The van der Waals surface area contributed by atoms with E-state index in [1.807, 2.05) is 0 Å². The van der Waals surface area contributed by atoms with Gasteiger partial charge >= 0.3 is 12.1 Å². The normalized spacial score (nSPS) is 28.9. The number of benzene rings is 1. The molecule has 1 saturated carbocycles. The molecule has 1 aromatic carbocycles. The monoisotopic (exact) mass is 297 g/mol. The Morgan fingerprint density at radius 3 is 2.62 bits per heavy atom. The van der Waals surface area contributed by atoms with Gasteiger partial charge in [0.25, 0.3) is 5.92 Å². The van der Waals surface area contributed by atoms with Gasteiger partial charge in [-0.05, 0) is 12.0 Å². The summed E-state index contributed by atoms with van der Waals surface area (Å²) in [5.41, 5.74) is 0.705. The molecule has 0 spiro atoms. The van der Waals surface area contributed by atoms with Crippen LogP contribution in [0.2, 0.25) is 0 Å². The zero-order valence-electron chi connectivity index (χ0n) is 10.9. The van der Waals surface area contributed by atoms with Gasteiger partial charge in [0.15, 0.2) is 0 Å². The molecular formula is C14H13F2NO4. The highest BCUT2D eigenvalue weighted by molar-refractivity contribution is 5.82. The summed E-state index contributed by atoms with van der Waals surface area (Å²) in [5.74, 6) is -5.35. The van der Waals surface area contributed by atoms with E-state index in [1.54, 1.807) is 30.3 Å². The van der Waals surface area contributed by atoms with Crippen LogP contribution in [-0.2, 0) is 16.1 Å². The van der Waals surface area contributed by atoms with Gasteiger partial charge in [-0.25, -0.2) is 18.4 Å². The van der Waals surface area contributed by atoms with E-state index in [4.69, 9.17) is 9.84 Å². The van der Waals surface area contributed by atoms with Gasteiger partial charge in [0.05, 0.1) is 5.92 Å². The van der Waals surface area contributed by atoms with Crippen molar-refractivity contribution < 1.29 is 28.2 Å². The first-order chi connectivity index (χ1) is 9.93. The summed E-state index contributed by atoms with van der Waals surface area (Å²) in [6.45, 7) is -0.0779. The lowest BCUT2D eigenvalue weighted by atomic mass is 10.1. The van der Waals surface area contributed by atoms with Gasteiger partial charge in [-0.3, -0.25) is 4.90 Å². The Hall–Kier alpha value is -2.18. The Morgan fingerprint density at radius 2 is 2.00 bits per heavy atom. The lowest BCUT2D eigenvalue weighted by Gasteiger charge is -2.25. The predicted octanol–water partition coefficient (Wildman–Crippen LogP) is 2.12. The van der Waals surface area contributed by atoms with Crippen LogP contribution >= 0.6 is 0 Å². The molecule has 1 aliphatic carbocycles. The van der Waals surface area contributed by atoms with Crippen molar-refractivity contribution in [1.29, 1.82) is 0 Å². The summed E-state index contributed by atoms with van der Waals surface area (Å²) in [5, 5.41) is 9.03. The minimum atomic E-state index is -3.00. The van der Waals surface area contributed by atoms with E-state index in [0.29, 0.717) is 10.5 Å². The number of halogens is 2. The number of hydrogen-bond donors (Lipinski definition) is 1. The van der Waals surface area contributed by atoms with Gasteiger partial charge in [-0.1, -0.05) is 30.3 Å². The van der Waals surface area contributed by atoms with Gasteiger partial charge in [-0.2, -0.15) is 0 Å². The number of hydrogen-bond acceptors (Lipinski definition) is 3. The second-order valence-corrected chi connectivity index (χ2v) is 5.26. The fourth-order valence-corrected chi connectivity index (χ4v) is 2.84.